The molecule has 1 heterocycles. The Labute approximate surface area is 120 Å². The van der Waals surface area contributed by atoms with E-state index in [1.54, 1.807) is 30.5 Å². The topological polar surface area (TPSA) is 45.9 Å². The average molecular weight is 291 g/mol. The molecule has 0 spiro atoms. The zero-order valence-electron chi connectivity index (χ0n) is 10.6. The number of hydrogen-bond acceptors (Lipinski definition) is 3. The van der Waals surface area contributed by atoms with Gasteiger partial charge < -0.3 is 4.74 Å². The van der Waals surface area contributed by atoms with Crippen LogP contribution in [0, 0.1) is 17.2 Å². The van der Waals surface area contributed by atoms with E-state index < -0.39 is 5.67 Å². The van der Waals surface area contributed by atoms with Gasteiger partial charge in [0.15, 0.2) is 0 Å². The van der Waals surface area contributed by atoms with Crippen molar-refractivity contribution in [2.45, 2.75) is 18.5 Å². The van der Waals surface area contributed by atoms with Gasteiger partial charge in [0.2, 0.25) is 5.67 Å². The summed E-state index contributed by atoms with van der Waals surface area (Å²) in [6.07, 6.45) is 3.12. The molecule has 0 bridgehead atoms. The second-order valence-electron chi connectivity index (χ2n) is 5.02. The van der Waals surface area contributed by atoms with Gasteiger partial charge in [0.05, 0.1) is 0 Å². The minimum Gasteiger partial charge on any atom is -0.489 e. The highest BCUT2D eigenvalue weighted by Crippen LogP contribution is 2.42. The second-order valence-corrected chi connectivity index (χ2v) is 5.38. The summed E-state index contributed by atoms with van der Waals surface area (Å²) in [7, 11) is 0. The molecule has 1 fully saturated rings. The monoisotopic (exact) mass is 290 g/mol. The standard InChI is InChI=1S/C15H12ClFN2O/c16-14-13-4-3-12(7-10(13)5-6-19-14)20-9-15(17,8-18)11-1-2-11/h3-7,11H,1-2,9H2. The Balaban J connectivity index is 1.80. The molecular weight excluding hydrogens is 279 g/mol. The molecule has 20 heavy (non-hydrogen) atoms. The molecule has 3 nitrogen and oxygen atoms in total. The van der Waals surface area contributed by atoms with Gasteiger partial charge in [0.25, 0.3) is 0 Å². The molecule has 1 aliphatic carbocycles. The van der Waals surface area contributed by atoms with Crippen LogP contribution < -0.4 is 4.74 Å². The molecule has 5 heteroatoms. The Bertz CT molecular complexity index is 696. The zero-order valence-corrected chi connectivity index (χ0v) is 11.4. The number of nitriles is 1. The van der Waals surface area contributed by atoms with E-state index in [4.69, 9.17) is 21.6 Å². The molecular formula is C15H12ClFN2O. The lowest BCUT2D eigenvalue weighted by Gasteiger charge is -2.17. The maximum atomic E-state index is 14.3. The lowest BCUT2D eigenvalue weighted by molar-refractivity contribution is 0.115. The molecule has 1 atom stereocenters. The quantitative estimate of drug-likeness (QED) is 0.802. The fourth-order valence-corrected chi connectivity index (χ4v) is 2.41. The number of nitrogens with zero attached hydrogens (tertiary/aromatic N) is 2. The molecule has 0 saturated heterocycles. The number of alkyl halides is 1. The van der Waals surface area contributed by atoms with Crippen LogP contribution in [0.3, 0.4) is 0 Å². The third kappa shape index (κ3) is 2.41. The van der Waals surface area contributed by atoms with E-state index in [0.29, 0.717) is 10.9 Å². The van der Waals surface area contributed by atoms with Crippen molar-refractivity contribution in [1.82, 2.24) is 4.98 Å². The van der Waals surface area contributed by atoms with E-state index in [-0.39, 0.29) is 12.5 Å². The number of fused-ring (bicyclic) bond motifs is 1. The van der Waals surface area contributed by atoms with E-state index in [1.165, 1.54) is 0 Å². The molecule has 1 aliphatic rings. The SMILES string of the molecule is N#CC(F)(COc1ccc2c(Cl)nccc2c1)C1CC1. The van der Waals surface area contributed by atoms with Gasteiger partial charge in [-0.05, 0) is 42.5 Å². The second kappa shape index (κ2) is 4.92. The molecule has 0 radical (unpaired) electrons. The molecule has 0 N–H and O–H groups in total. The molecule has 3 rings (SSSR count). The first-order valence-corrected chi connectivity index (χ1v) is 6.77. The first-order chi connectivity index (χ1) is 9.62. The minimum absolute atomic E-state index is 0.188. The van der Waals surface area contributed by atoms with Crippen molar-refractivity contribution in [2.24, 2.45) is 5.92 Å². The first-order valence-electron chi connectivity index (χ1n) is 6.39. The molecule has 102 valence electrons. The third-order valence-electron chi connectivity index (χ3n) is 3.55. The van der Waals surface area contributed by atoms with E-state index >= 15 is 0 Å². The smallest absolute Gasteiger partial charge is 0.232 e. The molecule has 1 saturated carbocycles. The van der Waals surface area contributed by atoms with Crippen molar-refractivity contribution in [1.29, 1.82) is 5.26 Å². The largest absolute Gasteiger partial charge is 0.489 e. The molecule has 2 aromatic rings. The fraction of sp³-hybridized carbons (Fsp3) is 0.333. The summed E-state index contributed by atoms with van der Waals surface area (Å²) in [5.41, 5.74) is -1.88. The Kier molecular flexibility index (Phi) is 3.23. The maximum Gasteiger partial charge on any atom is 0.232 e. The van der Waals surface area contributed by atoms with Gasteiger partial charge in [0, 0.05) is 17.5 Å². The Morgan fingerprint density at radius 3 is 2.95 bits per heavy atom. The minimum atomic E-state index is -1.88. The number of ether oxygens (including phenoxy) is 1. The van der Waals surface area contributed by atoms with Crippen LogP contribution >= 0.6 is 11.6 Å². The highest BCUT2D eigenvalue weighted by Gasteiger charge is 2.47. The average Bonchev–Trinajstić information content (AvgIpc) is 3.30. The van der Waals surface area contributed by atoms with E-state index in [0.717, 1.165) is 23.6 Å². The predicted octanol–water partition coefficient (Wildman–Crippen LogP) is 3.91. The Hall–Kier alpha value is -1.86. The number of rotatable bonds is 4. The summed E-state index contributed by atoms with van der Waals surface area (Å²) in [5, 5.41) is 11.1. The Morgan fingerprint density at radius 2 is 2.25 bits per heavy atom. The van der Waals surface area contributed by atoms with Crippen LogP contribution in [0.15, 0.2) is 30.5 Å². The number of aromatic nitrogens is 1. The van der Waals surface area contributed by atoms with Crippen molar-refractivity contribution < 1.29 is 9.13 Å². The summed E-state index contributed by atoms with van der Waals surface area (Å²) in [4.78, 5) is 3.99. The highest BCUT2D eigenvalue weighted by atomic mass is 35.5. The van der Waals surface area contributed by atoms with Gasteiger partial charge >= 0.3 is 0 Å². The van der Waals surface area contributed by atoms with Crippen molar-refractivity contribution in [3.63, 3.8) is 0 Å². The molecule has 1 aromatic carbocycles. The lowest BCUT2D eigenvalue weighted by Crippen LogP contribution is -2.31. The lowest BCUT2D eigenvalue weighted by atomic mass is 10.0. The third-order valence-corrected chi connectivity index (χ3v) is 3.85. The zero-order chi connectivity index (χ0) is 14.2. The molecule has 1 aromatic heterocycles. The maximum absolute atomic E-state index is 14.3. The summed E-state index contributed by atoms with van der Waals surface area (Å²) < 4.78 is 19.7. The van der Waals surface area contributed by atoms with Crippen molar-refractivity contribution in [3.8, 4) is 11.8 Å². The Morgan fingerprint density at radius 1 is 1.45 bits per heavy atom. The number of benzene rings is 1. The van der Waals surface area contributed by atoms with Crippen LogP contribution in [-0.4, -0.2) is 17.3 Å². The van der Waals surface area contributed by atoms with Crippen LogP contribution in [0.1, 0.15) is 12.8 Å². The number of pyridine rings is 1. The first kappa shape index (κ1) is 13.1. The van der Waals surface area contributed by atoms with Crippen LogP contribution in [0.5, 0.6) is 5.75 Å². The van der Waals surface area contributed by atoms with Crippen molar-refractivity contribution in [3.05, 3.63) is 35.6 Å². The summed E-state index contributed by atoms with van der Waals surface area (Å²) in [6, 6.07) is 8.80. The van der Waals surface area contributed by atoms with Crippen LogP contribution in [0.2, 0.25) is 5.15 Å². The number of halogens is 2. The van der Waals surface area contributed by atoms with E-state index in [1.807, 2.05) is 6.07 Å². The van der Waals surface area contributed by atoms with E-state index in [2.05, 4.69) is 4.98 Å². The van der Waals surface area contributed by atoms with Crippen LogP contribution in [0.4, 0.5) is 4.39 Å². The molecule has 0 amide bonds. The van der Waals surface area contributed by atoms with Gasteiger partial charge in [-0.2, -0.15) is 5.26 Å². The number of hydrogen-bond donors (Lipinski definition) is 0. The summed E-state index contributed by atoms with van der Waals surface area (Å²) in [5.74, 6) is 0.337. The van der Waals surface area contributed by atoms with Gasteiger partial charge in [-0.1, -0.05) is 11.6 Å². The summed E-state index contributed by atoms with van der Waals surface area (Å²) in [6.45, 7) is -0.238. The molecule has 1 unspecified atom stereocenters. The van der Waals surface area contributed by atoms with Gasteiger partial charge in [-0.3, -0.25) is 0 Å². The van der Waals surface area contributed by atoms with Gasteiger partial charge in [0.1, 0.15) is 23.6 Å². The molecule has 0 aliphatic heterocycles. The highest BCUT2D eigenvalue weighted by molar-refractivity contribution is 6.34. The summed E-state index contributed by atoms with van der Waals surface area (Å²) >= 11 is 5.98. The van der Waals surface area contributed by atoms with Crippen molar-refractivity contribution in [2.75, 3.05) is 6.61 Å². The fourth-order valence-electron chi connectivity index (χ4n) is 2.18. The van der Waals surface area contributed by atoms with Crippen LogP contribution in [0.25, 0.3) is 10.8 Å². The van der Waals surface area contributed by atoms with Gasteiger partial charge in [-0.15, -0.1) is 0 Å². The van der Waals surface area contributed by atoms with E-state index in [9.17, 15) is 4.39 Å². The van der Waals surface area contributed by atoms with Crippen molar-refractivity contribution >= 4 is 22.4 Å². The normalized spacial score (nSPS) is 17.4. The van der Waals surface area contributed by atoms with Crippen LogP contribution in [-0.2, 0) is 0 Å². The predicted molar refractivity (Wildman–Crippen MR) is 74.4 cm³/mol. The van der Waals surface area contributed by atoms with Gasteiger partial charge in [-0.25, -0.2) is 9.37 Å².